The number of aromatic nitrogens is 2. The molecule has 0 bridgehead atoms. The molecule has 0 radical (unpaired) electrons. The molecule has 1 aromatic carbocycles. The van der Waals surface area contributed by atoms with Crippen molar-refractivity contribution in [2.75, 3.05) is 12.3 Å². The van der Waals surface area contributed by atoms with Gasteiger partial charge >= 0.3 is 0 Å². The third-order valence-electron chi connectivity index (χ3n) is 2.70. The Labute approximate surface area is 119 Å². The van der Waals surface area contributed by atoms with E-state index >= 15 is 0 Å². The minimum atomic E-state index is -0.114. The Hall–Kier alpha value is -1.82. The van der Waals surface area contributed by atoms with Crippen LogP contribution in [0.2, 0.25) is 0 Å². The van der Waals surface area contributed by atoms with Crippen LogP contribution in [0.4, 0.5) is 5.69 Å². The summed E-state index contributed by atoms with van der Waals surface area (Å²) in [5.41, 5.74) is 6.24. The predicted octanol–water partition coefficient (Wildman–Crippen LogP) is 1.98. The fourth-order valence-electron chi connectivity index (χ4n) is 1.67. The van der Waals surface area contributed by atoms with Crippen LogP contribution in [0.3, 0.4) is 0 Å². The minimum absolute atomic E-state index is 0.114. The van der Waals surface area contributed by atoms with E-state index < -0.39 is 0 Å². The van der Waals surface area contributed by atoms with Gasteiger partial charge in [0.05, 0.1) is 12.2 Å². The Morgan fingerprint density at radius 3 is 2.89 bits per heavy atom. The summed E-state index contributed by atoms with van der Waals surface area (Å²) in [5, 5.41) is 0. The second-order valence-electron chi connectivity index (χ2n) is 4.00. The average Bonchev–Trinajstić information content (AvgIpc) is 2.40. The summed E-state index contributed by atoms with van der Waals surface area (Å²) in [6, 6.07) is 7.26. The Balaban J connectivity index is 2.07. The molecular weight excluding hydrogens is 310 g/mol. The van der Waals surface area contributed by atoms with Crippen LogP contribution in [-0.4, -0.2) is 16.2 Å². The number of rotatable bonds is 4. The first-order chi connectivity index (χ1) is 9.09. The molecular formula is C13H14BrN3O2. The minimum Gasteiger partial charge on any atom is -0.490 e. The standard InChI is InChI=1S/C13H14BrN3O2/c1-9-16-8-10(14)13(18)17(9)6-7-19-12-5-3-2-4-11(12)15/h2-5,8H,6-7,15H2,1H3. The monoisotopic (exact) mass is 323 g/mol. The largest absolute Gasteiger partial charge is 0.490 e. The first-order valence-corrected chi connectivity index (χ1v) is 6.58. The van der Waals surface area contributed by atoms with Gasteiger partial charge in [0.15, 0.2) is 0 Å². The van der Waals surface area contributed by atoms with Crippen LogP contribution in [0.1, 0.15) is 5.82 Å². The van der Waals surface area contributed by atoms with Crippen LogP contribution in [0.5, 0.6) is 5.75 Å². The van der Waals surface area contributed by atoms with E-state index in [-0.39, 0.29) is 5.56 Å². The molecule has 2 N–H and O–H groups in total. The van der Waals surface area contributed by atoms with Gasteiger partial charge in [0.1, 0.15) is 22.7 Å². The molecule has 2 aromatic rings. The van der Waals surface area contributed by atoms with Crippen LogP contribution in [0.15, 0.2) is 39.7 Å². The first kappa shape index (κ1) is 13.6. The van der Waals surface area contributed by atoms with Gasteiger partial charge in [0.2, 0.25) is 0 Å². The van der Waals surface area contributed by atoms with Crippen molar-refractivity contribution in [2.45, 2.75) is 13.5 Å². The number of hydrogen-bond acceptors (Lipinski definition) is 4. The third kappa shape index (κ3) is 3.14. The molecule has 0 atom stereocenters. The van der Waals surface area contributed by atoms with Gasteiger partial charge in [0, 0.05) is 6.20 Å². The second kappa shape index (κ2) is 5.88. The van der Waals surface area contributed by atoms with Gasteiger partial charge in [-0.05, 0) is 35.0 Å². The van der Waals surface area contributed by atoms with Crippen molar-refractivity contribution in [3.63, 3.8) is 0 Å². The fraction of sp³-hybridized carbons (Fsp3) is 0.231. The van der Waals surface area contributed by atoms with E-state index in [0.29, 0.717) is 34.9 Å². The maximum atomic E-state index is 11.9. The zero-order valence-electron chi connectivity index (χ0n) is 10.5. The Kier molecular flexibility index (Phi) is 4.21. The van der Waals surface area contributed by atoms with Crippen molar-refractivity contribution in [1.29, 1.82) is 0 Å². The molecule has 0 saturated heterocycles. The van der Waals surface area contributed by atoms with Crippen molar-refractivity contribution in [3.05, 3.63) is 51.1 Å². The molecule has 0 aliphatic carbocycles. The summed E-state index contributed by atoms with van der Waals surface area (Å²) in [6.45, 7) is 2.56. The molecule has 19 heavy (non-hydrogen) atoms. The quantitative estimate of drug-likeness (QED) is 0.873. The lowest BCUT2D eigenvalue weighted by atomic mass is 10.3. The van der Waals surface area contributed by atoms with Crippen molar-refractivity contribution in [1.82, 2.24) is 9.55 Å². The van der Waals surface area contributed by atoms with E-state index in [4.69, 9.17) is 10.5 Å². The Morgan fingerprint density at radius 1 is 1.42 bits per heavy atom. The number of halogens is 1. The molecule has 2 rings (SSSR count). The lowest BCUT2D eigenvalue weighted by Crippen LogP contribution is -2.26. The molecule has 0 saturated carbocycles. The van der Waals surface area contributed by atoms with E-state index in [9.17, 15) is 4.79 Å². The van der Waals surface area contributed by atoms with E-state index in [1.807, 2.05) is 12.1 Å². The maximum Gasteiger partial charge on any atom is 0.267 e. The summed E-state index contributed by atoms with van der Waals surface area (Å²) >= 11 is 3.17. The molecule has 1 heterocycles. The number of nitrogens with zero attached hydrogens (tertiary/aromatic N) is 2. The summed E-state index contributed by atoms with van der Waals surface area (Å²) in [7, 11) is 0. The number of nitrogens with two attached hydrogens (primary N) is 1. The van der Waals surface area contributed by atoms with E-state index in [1.165, 1.54) is 6.20 Å². The van der Waals surface area contributed by atoms with Crippen molar-refractivity contribution in [2.24, 2.45) is 0 Å². The predicted molar refractivity (Wildman–Crippen MR) is 77.3 cm³/mol. The third-order valence-corrected chi connectivity index (χ3v) is 3.24. The average molecular weight is 324 g/mol. The second-order valence-corrected chi connectivity index (χ2v) is 4.85. The van der Waals surface area contributed by atoms with Gasteiger partial charge in [-0.2, -0.15) is 0 Å². The smallest absolute Gasteiger partial charge is 0.267 e. The van der Waals surface area contributed by atoms with E-state index in [2.05, 4.69) is 20.9 Å². The van der Waals surface area contributed by atoms with Crippen LogP contribution < -0.4 is 16.0 Å². The number of hydrogen-bond donors (Lipinski definition) is 1. The first-order valence-electron chi connectivity index (χ1n) is 5.79. The lowest BCUT2D eigenvalue weighted by Gasteiger charge is -2.11. The number of benzene rings is 1. The van der Waals surface area contributed by atoms with Gasteiger partial charge < -0.3 is 10.5 Å². The van der Waals surface area contributed by atoms with Gasteiger partial charge in [-0.25, -0.2) is 4.98 Å². The lowest BCUT2D eigenvalue weighted by molar-refractivity contribution is 0.295. The van der Waals surface area contributed by atoms with Gasteiger partial charge in [-0.3, -0.25) is 9.36 Å². The van der Waals surface area contributed by atoms with Crippen LogP contribution in [-0.2, 0) is 6.54 Å². The Morgan fingerprint density at radius 2 is 2.16 bits per heavy atom. The molecule has 0 spiro atoms. The molecule has 0 unspecified atom stereocenters. The fourth-order valence-corrected chi connectivity index (χ4v) is 1.99. The molecule has 100 valence electrons. The molecule has 0 aliphatic heterocycles. The van der Waals surface area contributed by atoms with Crippen molar-refractivity contribution >= 4 is 21.6 Å². The zero-order valence-corrected chi connectivity index (χ0v) is 12.1. The highest BCUT2D eigenvalue weighted by molar-refractivity contribution is 9.10. The molecule has 1 aromatic heterocycles. The molecule has 0 fully saturated rings. The topological polar surface area (TPSA) is 70.1 Å². The van der Waals surface area contributed by atoms with Crippen molar-refractivity contribution < 1.29 is 4.74 Å². The SMILES string of the molecule is Cc1ncc(Br)c(=O)n1CCOc1ccccc1N. The number of ether oxygens (including phenoxy) is 1. The van der Waals surface area contributed by atoms with E-state index in [1.54, 1.807) is 23.6 Å². The van der Waals surface area contributed by atoms with Crippen molar-refractivity contribution in [3.8, 4) is 5.75 Å². The molecule has 0 aliphatic rings. The van der Waals surface area contributed by atoms with Gasteiger partial charge in [-0.15, -0.1) is 0 Å². The number of nitrogen functional groups attached to an aromatic ring is 1. The van der Waals surface area contributed by atoms with Crippen LogP contribution >= 0.6 is 15.9 Å². The van der Waals surface area contributed by atoms with Gasteiger partial charge in [-0.1, -0.05) is 12.1 Å². The Bertz CT molecular complexity index is 640. The van der Waals surface area contributed by atoms with Crippen LogP contribution in [0, 0.1) is 6.92 Å². The number of aryl methyl sites for hydroxylation is 1. The van der Waals surface area contributed by atoms with Crippen LogP contribution in [0.25, 0.3) is 0 Å². The molecule has 5 nitrogen and oxygen atoms in total. The summed E-state index contributed by atoms with van der Waals surface area (Å²) in [4.78, 5) is 16.0. The highest BCUT2D eigenvalue weighted by Gasteiger charge is 2.06. The highest BCUT2D eigenvalue weighted by atomic mass is 79.9. The van der Waals surface area contributed by atoms with Gasteiger partial charge in [0.25, 0.3) is 5.56 Å². The highest BCUT2D eigenvalue weighted by Crippen LogP contribution is 2.19. The summed E-state index contributed by atoms with van der Waals surface area (Å²) < 4.78 is 7.56. The summed E-state index contributed by atoms with van der Waals surface area (Å²) in [6.07, 6.45) is 1.50. The van der Waals surface area contributed by atoms with E-state index in [0.717, 1.165) is 0 Å². The number of anilines is 1. The maximum absolute atomic E-state index is 11.9. The summed E-state index contributed by atoms with van der Waals surface area (Å²) in [5.74, 6) is 1.27. The zero-order chi connectivity index (χ0) is 13.8. The normalized spacial score (nSPS) is 10.4. The molecule has 0 amide bonds. The number of para-hydroxylation sites is 2. The molecule has 6 heteroatoms.